The second-order valence-corrected chi connectivity index (χ2v) is 4.68. The predicted octanol–water partition coefficient (Wildman–Crippen LogP) is 2.47. The van der Waals surface area contributed by atoms with E-state index in [4.69, 9.17) is 17.0 Å². The average molecular weight is 319 g/mol. The van der Waals surface area contributed by atoms with Gasteiger partial charge in [-0.2, -0.15) is 0 Å². The molecule has 0 atom stereocenters. The van der Waals surface area contributed by atoms with E-state index < -0.39 is 11.7 Å². The van der Waals surface area contributed by atoms with Crippen LogP contribution in [0.4, 0.5) is 10.1 Å². The highest BCUT2D eigenvalue weighted by atomic mass is 32.1. The minimum Gasteiger partial charge on any atom is -0.497 e. The SMILES string of the molecule is COc1ccc(NC(=S)NNC(=O)c2ccc(F)cc2)cc1. The topological polar surface area (TPSA) is 62.4 Å². The van der Waals surface area contributed by atoms with Crippen LogP contribution in [0.2, 0.25) is 0 Å². The summed E-state index contributed by atoms with van der Waals surface area (Å²) in [7, 11) is 1.58. The number of hydrogen-bond acceptors (Lipinski definition) is 3. The number of carbonyl (C=O) groups excluding carboxylic acids is 1. The molecule has 22 heavy (non-hydrogen) atoms. The third-order valence-corrected chi connectivity index (χ3v) is 2.95. The molecule has 0 saturated carbocycles. The van der Waals surface area contributed by atoms with Gasteiger partial charge in [-0.15, -0.1) is 0 Å². The lowest BCUT2D eigenvalue weighted by atomic mass is 10.2. The van der Waals surface area contributed by atoms with Gasteiger partial charge in [-0.1, -0.05) is 0 Å². The van der Waals surface area contributed by atoms with Gasteiger partial charge in [0.05, 0.1) is 7.11 Å². The van der Waals surface area contributed by atoms with Crippen molar-refractivity contribution in [3.8, 4) is 5.75 Å². The second-order valence-electron chi connectivity index (χ2n) is 4.27. The average Bonchev–Trinajstić information content (AvgIpc) is 2.54. The summed E-state index contributed by atoms with van der Waals surface area (Å²) in [5.74, 6) is -0.0888. The Hall–Kier alpha value is -2.67. The van der Waals surface area contributed by atoms with Gasteiger partial charge in [0, 0.05) is 11.3 Å². The predicted molar refractivity (Wildman–Crippen MR) is 86.2 cm³/mol. The number of halogens is 1. The second kappa shape index (κ2) is 7.37. The molecule has 114 valence electrons. The number of rotatable bonds is 3. The van der Waals surface area contributed by atoms with E-state index in [9.17, 15) is 9.18 Å². The van der Waals surface area contributed by atoms with Crippen LogP contribution in [-0.4, -0.2) is 18.1 Å². The number of hydrogen-bond donors (Lipinski definition) is 3. The molecule has 7 heteroatoms. The van der Waals surface area contributed by atoms with Crippen molar-refractivity contribution in [1.82, 2.24) is 10.9 Å². The van der Waals surface area contributed by atoms with Crippen LogP contribution >= 0.6 is 12.2 Å². The third kappa shape index (κ3) is 4.42. The standard InChI is InChI=1S/C15H14FN3O2S/c1-21-13-8-6-12(7-9-13)17-15(22)19-18-14(20)10-2-4-11(16)5-3-10/h2-9H,1H3,(H,18,20)(H2,17,19,22). The Bertz CT molecular complexity index is 659. The van der Waals surface area contributed by atoms with E-state index in [0.717, 1.165) is 11.4 Å². The fraction of sp³-hybridized carbons (Fsp3) is 0.0667. The summed E-state index contributed by atoms with van der Waals surface area (Å²) < 4.78 is 17.8. The Morgan fingerprint density at radius 3 is 2.27 bits per heavy atom. The van der Waals surface area contributed by atoms with E-state index in [1.54, 1.807) is 31.4 Å². The number of ether oxygens (including phenoxy) is 1. The van der Waals surface area contributed by atoms with Crippen molar-refractivity contribution in [2.75, 3.05) is 12.4 Å². The van der Waals surface area contributed by atoms with Crippen LogP contribution in [-0.2, 0) is 0 Å². The highest BCUT2D eigenvalue weighted by Gasteiger charge is 2.05. The lowest BCUT2D eigenvalue weighted by molar-refractivity contribution is 0.0944. The van der Waals surface area contributed by atoms with Crippen molar-refractivity contribution in [2.45, 2.75) is 0 Å². The number of amides is 1. The lowest BCUT2D eigenvalue weighted by Crippen LogP contribution is -2.43. The fourth-order valence-corrected chi connectivity index (χ4v) is 1.79. The Morgan fingerprint density at radius 2 is 1.68 bits per heavy atom. The fourth-order valence-electron chi connectivity index (χ4n) is 1.62. The van der Waals surface area contributed by atoms with Gasteiger partial charge in [-0.05, 0) is 60.7 Å². The molecule has 0 saturated heterocycles. The zero-order chi connectivity index (χ0) is 15.9. The number of methoxy groups -OCH3 is 1. The Balaban J connectivity index is 1.84. The van der Waals surface area contributed by atoms with Gasteiger partial charge in [-0.25, -0.2) is 4.39 Å². The van der Waals surface area contributed by atoms with Crippen molar-refractivity contribution >= 4 is 28.9 Å². The molecule has 2 aromatic rings. The molecule has 0 fully saturated rings. The van der Waals surface area contributed by atoms with Crippen LogP contribution in [0.5, 0.6) is 5.75 Å². The van der Waals surface area contributed by atoms with E-state index in [2.05, 4.69) is 16.2 Å². The molecule has 1 amide bonds. The molecular weight excluding hydrogens is 305 g/mol. The molecule has 5 nitrogen and oxygen atoms in total. The molecule has 2 rings (SSSR count). The van der Waals surface area contributed by atoms with Gasteiger partial charge in [0.1, 0.15) is 11.6 Å². The summed E-state index contributed by atoms with van der Waals surface area (Å²) in [6.45, 7) is 0. The number of carbonyl (C=O) groups is 1. The molecule has 0 unspecified atom stereocenters. The highest BCUT2D eigenvalue weighted by Crippen LogP contribution is 2.14. The summed E-state index contributed by atoms with van der Waals surface area (Å²) in [6, 6.07) is 12.3. The molecule has 0 radical (unpaired) electrons. The molecule has 0 aromatic heterocycles. The molecule has 0 aliphatic heterocycles. The first kappa shape index (κ1) is 15.7. The number of benzene rings is 2. The first-order valence-corrected chi connectivity index (χ1v) is 6.76. The van der Waals surface area contributed by atoms with Gasteiger partial charge in [-0.3, -0.25) is 15.6 Å². The minimum atomic E-state index is -0.418. The lowest BCUT2D eigenvalue weighted by Gasteiger charge is -2.12. The zero-order valence-electron chi connectivity index (χ0n) is 11.7. The van der Waals surface area contributed by atoms with Crippen LogP contribution in [0, 0.1) is 5.82 Å². The molecule has 0 spiro atoms. The molecule has 3 N–H and O–H groups in total. The third-order valence-electron chi connectivity index (χ3n) is 2.74. The normalized spacial score (nSPS) is 9.73. The maximum atomic E-state index is 12.8. The molecule has 0 aliphatic rings. The van der Waals surface area contributed by atoms with E-state index in [1.807, 2.05) is 0 Å². The molecular formula is C15H14FN3O2S. The summed E-state index contributed by atoms with van der Waals surface area (Å²) in [6.07, 6.45) is 0. The first-order chi connectivity index (χ1) is 10.6. The van der Waals surface area contributed by atoms with E-state index in [0.29, 0.717) is 5.56 Å². The minimum absolute atomic E-state index is 0.223. The molecule has 0 aliphatic carbocycles. The van der Waals surface area contributed by atoms with E-state index in [1.165, 1.54) is 24.3 Å². The first-order valence-electron chi connectivity index (χ1n) is 6.35. The zero-order valence-corrected chi connectivity index (χ0v) is 12.5. The molecule has 2 aromatic carbocycles. The maximum Gasteiger partial charge on any atom is 0.269 e. The Morgan fingerprint density at radius 1 is 1.05 bits per heavy atom. The van der Waals surface area contributed by atoms with Crippen LogP contribution in [0.15, 0.2) is 48.5 Å². The Kier molecular flexibility index (Phi) is 5.26. The molecule has 0 heterocycles. The van der Waals surface area contributed by atoms with Crippen LogP contribution in [0.25, 0.3) is 0 Å². The quantitative estimate of drug-likeness (QED) is 0.599. The smallest absolute Gasteiger partial charge is 0.269 e. The van der Waals surface area contributed by atoms with Gasteiger partial charge in [0.15, 0.2) is 5.11 Å². The van der Waals surface area contributed by atoms with Gasteiger partial charge in [0.2, 0.25) is 0 Å². The van der Waals surface area contributed by atoms with Crippen LogP contribution in [0.1, 0.15) is 10.4 Å². The van der Waals surface area contributed by atoms with Gasteiger partial charge >= 0.3 is 0 Å². The highest BCUT2D eigenvalue weighted by molar-refractivity contribution is 7.80. The number of thiocarbonyl (C=S) groups is 1. The van der Waals surface area contributed by atoms with Crippen molar-refractivity contribution in [3.63, 3.8) is 0 Å². The summed E-state index contributed by atoms with van der Waals surface area (Å²) in [4.78, 5) is 11.8. The number of hydrazine groups is 1. The Labute approximate surface area is 132 Å². The van der Waals surface area contributed by atoms with Crippen molar-refractivity contribution < 1.29 is 13.9 Å². The number of anilines is 1. The van der Waals surface area contributed by atoms with Crippen LogP contribution in [0.3, 0.4) is 0 Å². The monoisotopic (exact) mass is 319 g/mol. The maximum absolute atomic E-state index is 12.8. The van der Waals surface area contributed by atoms with Crippen molar-refractivity contribution in [3.05, 3.63) is 59.9 Å². The summed E-state index contributed by atoms with van der Waals surface area (Å²) in [5, 5.41) is 3.12. The van der Waals surface area contributed by atoms with E-state index in [-0.39, 0.29) is 5.11 Å². The molecule has 0 bridgehead atoms. The van der Waals surface area contributed by atoms with Gasteiger partial charge in [0.25, 0.3) is 5.91 Å². The summed E-state index contributed by atoms with van der Waals surface area (Å²) in [5.41, 5.74) is 6.05. The number of nitrogens with one attached hydrogen (secondary N) is 3. The largest absolute Gasteiger partial charge is 0.497 e. The van der Waals surface area contributed by atoms with Gasteiger partial charge < -0.3 is 10.1 Å². The van der Waals surface area contributed by atoms with Crippen molar-refractivity contribution in [2.24, 2.45) is 0 Å². The van der Waals surface area contributed by atoms with E-state index >= 15 is 0 Å². The summed E-state index contributed by atoms with van der Waals surface area (Å²) >= 11 is 5.06. The van der Waals surface area contributed by atoms with Crippen LogP contribution < -0.4 is 20.9 Å². The van der Waals surface area contributed by atoms with Crippen molar-refractivity contribution in [1.29, 1.82) is 0 Å².